The van der Waals surface area contributed by atoms with Crippen molar-refractivity contribution >= 4 is 33.3 Å². The summed E-state index contributed by atoms with van der Waals surface area (Å²) in [4.78, 5) is 15.2. The SMILES string of the molecule is CC(=O)c1ccnc(Oc2cc(F)c(Cl)cc2Br)c1. The van der Waals surface area contributed by atoms with E-state index in [9.17, 15) is 9.18 Å². The van der Waals surface area contributed by atoms with Crippen molar-refractivity contribution in [3.05, 3.63) is 51.3 Å². The van der Waals surface area contributed by atoms with E-state index in [0.717, 1.165) is 6.07 Å². The predicted octanol–water partition coefficient (Wildman–Crippen LogP) is 4.63. The van der Waals surface area contributed by atoms with Gasteiger partial charge in [-0.25, -0.2) is 9.37 Å². The fourth-order valence-corrected chi connectivity index (χ4v) is 2.10. The lowest BCUT2D eigenvalue weighted by Gasteiger charge is -2.08. The molecule has 0 aliphatic heterocycles. The van der Waals surface area contributed by atoms with E-state index in [-0.39, 0.29) is 22.4 Å². The van der Waals surface area contributed by atoms with Gasteiger partial charge in [-0.1, -0.05) is 11.6 Å². The number of benzene rings is 1. The Balaban J connectivity index is 2.33. The zero-order chi connectivity index (χ0) is 14.0. The van der Waals surface area contributed by atoms with Gasteiger partial charge in [0.05, 0.1) is 9.50 Å². The molecular weight excluding hydrogens is 337 g/mol. The van der Waals surface area contributed by atoms with Crippen LogP contribution in [0.25, 0.3) is 0 Å². The average Bonchev–Trinajstić information content (AvgIpc) is 2.36. The van der Waals surface area contributed by atoms with Crippen LogP contribution < -0.4 is 4.74 Å². The molecule has 0 spiro atoms. The van der Waals surface area contributed by atoms with Gasteiger partial charge in [-0.15, -0.1) is 0 Å². The summed E-state index contributed by atoms with van der Waals surface area (Å²) in [5, 5.41) is -0.00956. The standard InChI is InChI=1S/C13H8BrClFNO2/c1-7(18)8-2-3-17-13(4-8)19-12-6-11(16)10(15)5-9(12)14/h2-6H,1H3. The van der Waals surface area contributed by atoms with Gasteiger partial charge in [0.25, 0.3) is 0 Å². The number of hydrogen-bond donors (Lipinski definition) is 0. The molecule has 0 N–H and O–H groups in total. The number of hydrogen-bond acceptors (Lipinski definition) is 3. The van der Waals surface area contributed by atoms with Gasteiger partial charge in [-0.05, 0) is 35.0 Å². The normalized spacial score (nSPS) is 10.3. The highest BCUT2D eigenvalue weighted by Crippen LogP contribution is 2.33. The first-order chi connectivity index (χ1) is 8.97. The minimum absolute atomic E-state index is 0.00956. The summed E-state index contributed by atoms with van der Waals surface area (Å²) in [5.41, 5.74) is 0.468. The molecule has 1 aromatic heterocycles. The maximum atomic E-state index is 13.4. The summed E-state index contributed by atoms with van der Waals surface area (Å²) in [6.07, 6.45) is 1.45. The molecule has 1 aromatic carbocycles. The summed E-state index contributed by atoms with van der Waals surface area (Å²) in [6, 6.07) is 5.60. The molecule has 0 aliphatic carbocycles. The van der Waals surface area contributed by atoms with E-state index in [1.165, 1.54) is 25.3 Å². The first-order valence-electron chi connectivity index (χ1n) is 5.27. The van der Waals surface area contributed by atoms with Gasteiger partial charge in [-0.3, -0.25) is 4.79 Å². The van der Waals surface area contributed by atoms with Gasteiger partial charge >= 0.3 is 0 Å². The van der Waals surface area contributed by atoms with Crippen molar-refractivity contribution in [2.45, 2.75) is 6.92 Å². The van der Waals surface area contributed by atoms with Crippen molar-refractivity contribution in [2.75, 3.05) is 0 Å². The molecule has 0 saturated carbocycles. The number of carbonyl (C=O) groups excluding carboxylic acids is 1. The van der Waals surface area contributed by atoms with E-state index in [1.807, 2.05) is 0 Å². The third-order valence-corrected chi connectivity index (χ3v) is 3.24. The fraction of sp³-hybridized carbons (Fsp3) is 0.0769. The van der Waals surface area contributed by atoms with Crippen molar-refractivity contribution in [2.24, 2.45) is 0 Å². The quantitative estimate of drug-likeness (QED) is 0.602. The Morgan fingerprint density at radius 3 is 2.84 bits per heavy atom. The smallest absolute Gasteiger partial charge is 0.219 e. The molecule has 0 fully saturated rings. The van der Waals surface area contributed by atoms with Crippen LogP contribution in [0.2, 0.25) is 5.02 Å². The Hall–Kier alpha value is -1.46. The number of pyridine rings is 1. The maximum absolute atomic E-state index is 13.4. The minimum Gasteiger partial charge on any atom is -0.438 e. The number of ether oxygens (including phenoxy) is 1. The van der Waals surface area contributed by atoms with Gasteiger partial charge < -0.3 is 4.74 Å². The molecule has 0 bridgehead atoms. The number of halogens is 3. The van der Waals surface area contributed by atoms with E-state index in [4.69, 9.17) is 16.3 Å². The van der Waals surface area contributed by atoms with Crippen LogP contribution in [0, 0.1) is 5.82 Å². The Bertz CT molecular complexity index is 649. The second-order valence-corrected chi connectivity index (χ2v) is 5.00. The summed E-state index contributed by atoms with van der Waals surface area (Å²) in [6.45, 7) is 1.44. The summed E-state index contributed by atoms with van der Waals surface area (Å²) >= 11 is 8.85. The Kier molecular flexibility index (Phi) is 4.17. The van der Waals surface area contributed by atoms with Crippen LogP contribution in [0.1, 0.15) is 17.3 Å². The lowest BCUT2D eigenvalue weighted by molar-refractivity contribution is 0.101. The average molecular weight is 345 g/mol. The summed E-state index contributed by atoms with van der Waals surface area (Å²) in [7, 11) is 0. The zero-order valence-corrected chi connectivity index (χ0v) is 12.1. The Morgan fingerprint density at radius 1 is 1.42 bits per heavy atom. The van der Waals surface area contributed by atoms with Crippen molar-refractivity contribution in [3.63, 3.8) is 0 Å². The lowest BCUT2D eigenvalue weighted by Crippen LogP contribution is -1.95. The Morgan fingerprint density at radius 2 is 2.16 bits per heavy atom. The summed E-state index contributed by atoms with van der Waals surface area (Å²) in [5.74, 6) is -0.263. The number of aromatic nitrogens is 1. The van der Waals surface area contributed by atoms with Crippen LogP contribution >= 0.6 is 27.5 Å². The van der Waals surface area contributed by atoms with Crippen molar-refractivity contribution in [1.29, 1.82) is 0 Å². The molecule has 0 saturated heterocycles. The molecule has 6 heteroatoms. The second kappa shape index (κ2) is 5.67. The van der Waals surface area contributed by atoms with Crippen LogP contribution in [-0.2, 0) is 0 Å². The van der Waals surface area contributed by atoms with Gasteiger partial charge in [-0.2, -0.15) is 0 Å². The van der Waals surface area contributed by atoms with Crippen molar-refractivity contribution < 1.29 is 13.9 Å². The highest BCUT2D eigenvalue weighted by Gasteiger charge is 2.10. The Labute approximate surface area is 122 Å². The molecule has 3 nitrogen and oxygen atoms in total. The fourth-order valence-electron chi connectivity index (χ4n) is 1.38. The van der Waals surface area contributed by atoms with Crippen LogP contribution in [0.15, 0.2) is 34.9 Å². The highest BCUT2D eigenvalue weighted by atomic mass is 79.9. The predicted molar refractivity (Wildman–Crippen MR) is 73.4 cm³/mol. The molecule has 1 heterocycles. The first-order valence-corrected chi connectivity index (χ1v) is 6.44. The van der Waals surface area contributed by atoms with E-state index in [0.29, 0.717) is 10.0 Å². The lowest BCUT2D eigenvalue weighted by atomic mass is 10.2. The molecule has 19 heavy (non-hydrogen) atoms. The molecular formula is C13H8BrClFNO2. The second-order valence-electron chi connectivity index (χ2n) is 3.74. The number of carbonyl (C=O) groups is 1. The largest absolute Gasteiger partial charge is 0.438 e. The number of ketones is 1. The third kappa shape index (κ3) is 3.30. The van der Waals surface area contributed by atoms with E-state index in [2.05, 4.69) is 20.9 Å². The molecule has 98 valence electrons. The maximum Gasteiger partial charge on any atom is 0.219 e. The minimum atomic E-state index is -0.595. The van der Waals surface area contributed by atoms with Gasteiger partial charge in [0.15, 0.2) is 5.78 Å². The number of Topliss-reactive ketones (excluding diaryl/α,β-unsaturated/α-hetero) is 1. The van der Waals surface area contributed by atoms with Gasteiger partial charge in [0.2, 0.25) is 5.88 Å². The molecule has 2 aromatic rings. The van der Waals surface area contributed by atoms with Crippen LogP contribution in [-0.4, -0.2) is 10.8 Å². The monoisotopic (exact) mass is 343 g/mol. The molecule has 0 radical (unpaired) electrons. The number of nitrogens with zero attached hydrogens (tertiary/aromatic N) is 1. The number of rotatable bonds is 3. The highest BCUT2D eigenvalue weighted by molar-refractivity contribution is 9.10. The van der Waals surface area contributed by atoms with E-state index < -0.39 is 5.82 Å². The van der Waals surface area contributed by atoms with Gasteiger partial charge in [0, 0.05) is 23.9 Å². The first kappa shape index (κ1) is 14.0. The topological polar surface area (TPSA) is 39.2 Å². The van der Waals surface area contributed by atoms with Crippen LogP contribution in [0.5, 0.6) is 11.6 Å². The van der Waals surface area contributed by atoms with E-state index >= 15 is 0 Å². The summed E-state index contributed by atoms with van der Waals surface area (Å²) < 4.78 is 19.3. The zero-order valence-electron chi connectivity index (χ0n) is 9.78. The molecule has 0 amide bonds. The molecule has 0 atom stereocenters. The van der Waals surface area contributed by atoms with Gasteiger partial charge in [0.1, 0.15) is 11.6 Å². The van der Waals surface area contributed by atoms with Crippen LogP contribution in [0.4, 0.5) is 4.39 Å². The van der Waals surface area contributed by atoms with Crippen LogP contribution in [0.3, 0.4) is 0 Å². The van der Waals surface area contributed by atoms with E-state index in [1.54, 1.807) is 6.07 Å². The molecule has 2 rings (SSSR count). The molecule has 0 unspecified atom stereocenters. The van der Waals surface area contributed by atoms with Crippen molar-refractivity contribution in [3.8, 4) is 11.6 Å². The van der Waals surface area contributed by atoms with Crippen molar-refractivity contribution in [1.82, 2.24) is 4.98 Å². The molecule has 0 aliphatic rings. The third-order valence-electron chi connectivity index (χ3n) is 2.33.